The fourth-order valence-corrected chi connectivity index (χ4v) is 5.26. The number of carbonyl (C=O) groups excluding carboxylic acids is 3. The van der Waals surface area contributed by atoms with Crippen LogP contribution in [0.4, 0.5) is 16.2 Å². The third-order valence-corrected chi connectivity index (χ3v) is 7.25. The van der Waals surface area contributed by atoms with Gasteiger partial charge in [0, 0.05) is 12.2 Å². The van der Waals surface area contributed by atoms with Crippen LogP contribution >= 0.6 is 11.8 Å². The lowest BCUT2D eigenvalue weighted by Crippen LogP contribution is -2.45. The van der Waals surface area contributed by atoms with Crippen LogP contribution in [0.2, 0.25) is 0 Å². The van der Waals surface area contributed by atoms with Crippen molar-refractivity contribution in [2.24, 2.45) is 0 Å². The highest BCUT2D eigenvalue weighted by Gasteiger charge is 2.32. The van der Waals surface area contributed by atoms with E-state index < -0.39 is 5.25 Å². The van der Waals surface area contributed by atoms with E-state index in [1.165, 1.54) is 0 Å². The van der Waals surface area contributed by atoms with Gasteiger partial charge in [-0.15, -0.1) is 0 Å². The molecule has 1 unspecified atom stereocenters. The van der Waals surface area contributed by atoms with Crippen LogP contribution in [0.15, 0.2) is 72.8 Å². The highest BCUT2D eigenvalue weighted by Crippen LogP contribution is 2.34. The topological polar surface area (TPSA) is 103 Å². The Hall–Kier alpha value is -4.29. The molecule has 1 N–H and O–H groups in total. The van der Waals surface area contributed by atoms with E-state index in [2.05, 4.69) is 16.3 Å². The number of carbonyl (C=O) groups is 3. The first-order valence-corrected chi connectivity index (χ1v) is 12.8. The van der Waals surface area contributed by atoms with Crippen molar-refractivity contribution in [2.45, 2.75) is 18.1 Å². The highest BCUT2D eigenvalue weighted by atomic mass is 32.2. The second kappa shape index (κ2) is 10.8. The smallest absolute Gasteiger partial charge is 0.286 e. The van der Waals surface area contributed by atoms with E-state index in [1.54, 1.807) is 17.0 Å². The number of nitrogens with one attached hydrogen (secondary N) is 1. The monoisotopic (exact) mass is 512 g/mol. The van der Waals surface area contributed by atoms with Gasteiger partial charge in [-0.3, -0.25) is 19.7 Å². The van der Waals surface area contributed by atoms with Crippen LogP contribution in [0.5, 0.6) is 5.75 Å². The molecule has 8 nitrogen and oxygen atoms in total. The van der Waals surface area contributed by atoms with Crippen molar-refractivity contribution >= 4 is 40.2 Å². The zero-order valence-corrected chi connectivity index (χ0v) is 20.7. The summed E-state index contributed by atoms with van der Waals surface area (Å²) >= 11 is 1.02. The molecule has 1 saturated heterocycles. The molecule has 0 bridgehead atoms. The summed E-state index contributed by atoms with van der Waals surface area (Å²) in [5.74, 6) is 0.346. The van der Waals surface area contributed by atoms with Gasteiger partial charge in [0.1, 0.15) is 5.75 Å². The first-order valence-electron chi connectivity index (χ1n) is 11.9. The number of hydrogen-bond donors (Lipinski definition) is 1. The lowest BCUT2D eigenvalue weighted by atomic mass is 10.0. The van der Waals surface area contributed by atoms with Crippen LogP contribution in [0, 0.1) is 11.3 Å². The molecule has 0 aromatic heterocycles. The van der Waals surface area contributed by atoms with Crippen molar-refractivity contribution < 1.29 is 19.1 Å². The first kappa shape index (κ1) is 24.4. The maximum atomic E-state index is 13.2. The van der Waals surface area contributed by atoms with Gasteiger partial charge < -0.3 is 14.5 Å². The van der Waals surface area contributed by atoms with E-state index in [9.17, 15) is 19.6 Å². The van der Waals surface area contributed by atoms with E-state index in [0.717, 1.165) is 28.7 Å². The fourth-order valence-electron chi connectivity index (χ4n) is 4.40. The van der Waals surface area contributed by atoms with Gasteiger partial charge in [-0.1, -0.05) is 42.1 Å². The summed E-state index contributed by atoms with van der Waals surface area (Å²) in [7, 11) is 0. The van der Waals surface area contributed by atoms with Gasteiger partial charge in [0.25, 0.3) is 11.1 Å². The van der Waals surface area contributed by atoms with Gasteiger partial charge in [-0.05, 0) is 60.9 Å². The van der Waals surface area contributed by atoms with Crippen LogP contribution in [0.1, 0.15) is 27.9 Å². The van der Waals surface area contributed by atoms with Crippen LogP contribution in [-0.4, -0.2) is 47.0 Å². The van der Waals surface area contributed by atoms with E-state index in [0.29, 0.717) is 49.5 Å². The molecule has 3 amide bonds. The van der Waals surface area contributed by atoms with Crippen LogP contribution in [-0.2, 0) is 11.2 Å². The van der Waals surface area contributed by atoms with Gasteiger partial charge in [0.15, 0.2) is 0 Å². The van der Waals surface area contributed by atoms with Crippen molar-refractivity contribution in [1.29, 1.82) is 5.26 Å². The molecule has 3 aromatic rings. The summed E-state index contributed by atoms with van der Waals surface area (Å²) in [4.78, 5) is 40.2. The highest BCUT2D eigenvalue weighted by molar-refractivity contribution is 8.15. The summed E-state index contributed by atoms with van der Waals surface area (Å²) in [5, 5.41) is 10.9. The summed E-state index contributed by atoms with van der Waals surface area (Å²) in [6.45, 7) is 1.33. The van der Waals surface area contributed by atoms with Gasteiger partial charge in [-0.2, -0.15) is 5.26 Å². The molecule has 2 aliphatic rings. The summed E-state index contributed by atoms with van der Waals surface area (Å²) in [6.07, 6.45) is 1.11. The Kier molecular flexibility index (Phi) is 7.10. The lowest BCUT2D eigenvalue weighted by molar-refractivity contribution is -0.118. The molecule has 0 saturated carbocycles. The molecule has 0 aliphatic carbocycles. The molecule has 2 heterocycles. The Balaban J connectivity index is 1.19. The minimum absolute atomic E-state index is 0.101. The summed E-state index contributed by atoms with van der Waals surface area (Å²) in [5.41, 5.74) is 3.68. The van der Waals surface area contributed by atoms with E-state index in [1.807, 2.05) is 60.7 Å². The summed E-state index contributed by atoms with van der Waals surface area (Å²) in [6, 6.07) is 24.7. The standard InChI is InChI=1S/C28H24N4O4S/c29-17-20-9-12-24-23(15-20)27(34)31(18-32(24)21-5-2-1-3-6-21)13-4-14-36-22-10-7-19(8-11-22)16-25-26(33)30-28(35)37-25/h1-3,5-12,15,25H,4,13-14,16,18H2,(H,30,33,35). The molecule has 2 aliphatic heterocycles. The number of para-hydroxylation sites is 1. The fraction of sp³-hybridized carbons (Fsp3) is 0.214. The maximum Gasteiger partial charge on any atom is 0.286 e. The minimum atomic E-state index is -0.397. The Morgan fingerprint density at radius 1 is 1.03 bits per heavy atom. The van der Waals surface area contributed by atoms with E-state index in [4.69, 9.17) is 4.74 Å². The normalized spacial score (nSPS) is 16.8. The largest absolute Gasteiger partial charge is 0.494 e. The predicted molar refractivity (Wildman–Crippen MR) is 141 cm³/mol. The third kappa shape index (κ3) is 5.44. The van der Waals surface area contributed by atoms with Crippen LogP contribution < -0.4 is 15.0 Å². The minimum Gasteiger partial charge on any atom is -0.494 e. The van der Waals surface area contributed by atoms with Gasteiger partial charge in [-0.25, -0.2) is 0 Å². The van der Waals surface area contributed by atoms with E-state index >= 15 is 0 Å². The van der Waals surface area contributed by atoms with Crippen molar-refractivity contribution in [3.63, 3.8) is 0 Å². The molecular formula is C28H24N4O4S. The molecule has 9 heteroatoms. The van der Waals surface area contributed by atoms with Gasteiger partial charge in [0.2, 0.25) is 5.91 Å². The van der Waals surface area contributed by atoms with Crippen molar-refractivity contribution in [2.75, 3.05) is 24.7 Å². The number of hydrogen-bond acceptors (Lipinski definition) is 7. The number of benzene rings is 3. The molecule has 37 heavy (non-hydrogen) atoms. The zero-order chi connectivity index (χ0) is 25.8. The average molecular weight is 513 g/mol. The molecular weight excluding hydrogens is 488 g/mol. The predicted octanol–water partition coefficient (Wildman–Crippen LogP) is 4.47. The van der Waals surface area contributed by atoms with Crippen LogP contribution in [0.25, 0.3) is 0 Å². The Morgan fingerprint density at radius 2 is 1.81 bits per heavy atom. The van der Waals surface area contributed by atoms with Crippen molar-refractivity contribution in [3.8, 4) is 11.8 Å². The van der Waals surface area contributed by atoms with Crippen molar-refractivity contribution in [1.82, 2.24) is 10.2 Å². The second-order valence-corrected chi connectivity index (χ2v) is 9.93. The van der Waals surface area contributed by atoms with Crippen molar-refractivity contribution in [3.05, 3.63) is 89.5 Å². The number of anilines is 2. The summed E-state index contributed by atoms with van der Waals surface area (Å²) < 4.78 is 5.88. The molecule has 0 radical (unpaired) electrons. The maximum absolute atomic E-state index is 13.2. The number of thioether (sulfide) groups is 1. The number of imide groups is 1. The number of nitriles is 1. The number of fused-ring (bicyclic) bond motifs is 1. The number of rotatable bonds is 8. The first-order chi connectivity index (χ1) is 18.0. The lowest BCUT2D eigenvalue weighted by Gasteiger charge is -2.38. The molecule has 1 fully saturated rings. The van der Waals surface area contributed by atoms with Gasteiger partial charge in [0.05, 0.1) is 41.4 Å². The SMILES string of the molecule is N#Cc1ccc2c(c1)C(=O)N(CCCOc1ccc(CC3SC(=O)NC3=O)cc1)CN2c1ccccc1. The number of ether oxygens (including phenoxy) is 1. The Morgan fingerprint density at radius 3 is 2.51 bits per heavy atom. The van der Waals surface area contributed by atoms with Gasteiger partial charge >= 0.3 is 0 Å². The van der Waals surface area contributed by atoms with Crippen LogP contribution in [0.3, 0.4) is 0 Å². The van der Waals surface area contributed by atoms with E-state index in [-0.39, 0.29) is 17.1 Å². The molecule has 5 rings (SSSR count). The molecule has 0 spiro atoms. The molecule has 3 aromatic carbocycles. The second-order valence-electron chi connectivity index (χ2n) is 8.75. The quantitative estimate of drug-likeness (QED) is 0.444. The zero-order valence-electron chi connectivity index (χ0n) is 19.9. The Labute approximate surface area is 218 Å². The number of amides is 3. The third-order valence-electron chi connectivity index (χ3n) is 6.27. The number of nitrogens with zero attached hydrogens (tertiary/aromatic N) is 3. The molecule has 1 atom stereocenters. The Bertz CT molecular complexity index is 1370. The molecule has 186 valence electrons. The average Bonchev–Trinajstić information content (AvgIpc) is 3.24.